The van der Waals surface area contributed by atoms with Crippen LogP contribution in [-0.2, 0) is 13.0 Å². The molecule has 2 aromatic carbocycles. The first-order chi connectivity index (χ1) is 10.1. The summed E-state index contributed by atoms with van der Waals surface area (Å²) in [5, 5.41) is 4.15. The van der Waals surface area contributed by atoms with Crippen LogP contribution in [0.1, 0.15) is 17.5 Å². The topological polar surface area (TPSA) is 15.3 Å². The van der Waals surface area contributed by atoms with Crippen LogP contribution in [0.5, 0.6) is 0 Å². The van der Waals surface area contributed by atoms with Crippen LogP contribution in [-0.4, -0.2) is 13.6 Å². The van der Waals surface area contributed by atoms with Crippen LogP contribution < -0.4 is 10.2 Å². The second-order valence-electron chi connectivity index (χ2n) is 5.47. The second kappa shape index (κ2) is 6.29. The molecule has 21 heavy (non-hydrogen) atoms. The molecular weight excluding hydrogens is 348 g/mol. The van der Waals surface area contributed by atoms with Crippen molar-refractivity contribution in [2.24, 2.45) is 0 Å². The highest BCUT2D eigenvalue weighted by atomic mass is 79.9. The van der Waals surface area contributed by atoms with Gasteiger partial charge in [0.1, 0.15) is 0 Å². The maximum atomic E-state index is 6.23. The van der Waals surface area contributed by atoms with Crippen LogP contribution in [0.2, 0.25) is 5.02 Å². The molecule has 0 atom stereocenters. The number of halogens is 2. The van der Waals surface area contributed by atoms with Gasteiger partial charge in [0.05, 0.1) is 10.7 Å². The lowest BCUT2D eigenvalue weighted by Crippen LogP contribution is -2.24. The molecule has 1 aliphatic heterocycles. The molecule has 0 aliphatic carbocycles. The van der Waals surface area contributed by atoms with Gasteiger partial charge in [0.15, 0.2) is 0 Å². The fourth-order valence-corrected chi connectivity index (χ4v) is 3.52. The molecule has 2 nitrogen and oxygen atoms in total. The predicted octanol–water partition coefficient (Wildman–Crippen LogP) is 5.10. The van der Waals surface area contributed by atoms with Crippen molar-refractivity contribution in [3.8, 4) is 0 Å². The van der Waals surface area contributed by atoms with E-state index in [1.165, 1.54) is 29.7 Å². The zero-order valence-corrected chi connectivity index (χ0v) is 14.3. The molecule has 0 aromatic heterocycles. The molecular formula is C17H18BrClN2. The monoisotopic (exact) mass is 364 g/mol. The van der Waals surface area contributed by atoms with E-state index in [9.17, 15) is 0 Å². The van der Waals surface area contributed by atoms with Gasteiger partial charge < -0.3 is 10.2 Å². The Hall–Kier alpha value is -1.19. The molecule has 0 unspecified atom stereocenters. The largest absolute Gasteiger partial charge is 0.380 e. The third-order valence-corrected chi connectivity index (χ3v) is 4.71. The van der Waals surface area contributed by atoms with E-state index in [1.807, 2.05) is 18.2 Å². The predicted molar refractivity (Wildman–Crippen MR) is 94.5 cm³/mol. The van der Waals surface area contributed by atoms with Gasteiger partial charge >= 0.3 is 0 Å². The molecule has 2 aromatic rings. The summed E-state index contributed by atoms with van der Waals surface area (Å²) in [7, 11) is 2.16. The van der Waals surface area contributed by atoms with E-state index < -0.39 is 0 Å². The number of aryl methyl sites for hydroxylation is 1. The standard InChI is InChI=1S/C17H18BrClN2/c1-21-8-2-3-13-9-12(4-7-17(13)21)11-20-16-6-5-14(18)10-15(16)19/h4-7,9-10,20H,2-3,8,11H2,1H3. The van der Waals surface area contributed by atoms with Crippen molar-refractivity contribution in [1.29, 1.82) is 0 Å². The van der Waals surface area contributed by atoms with Crippen LogP contribution in [0.3, 0.4) is 0 Å². The number of anilines is 2. The molecule has 3 rings (SSSR count). The molecule has 0 saturated carbocycles. The zero-order chi connectivity index (χ0) is 14.8. The van der Waals surface area contributed by atoms with Crippen molar-refractivity contribution < 1.29 is 0 Å². The van der Waals surface area contributed by atoms with Gasteiger partial charge in [-0.1, -0.05) is 39.7 Å². The van der Waals surface area contributed by atoms with Gasteiger partial charge in [0, 0.05) is 30.3 Å². The first-order valence-electron chi connectivity index (χ1n) is 7.15. The van der Waals surface area contributed by atoms with Gasteiger partial charge in [-0.25, -0.2) is 0 Å². The molecule has 0 spiro atoms. The Morgan fingerprint density at radius 3 is 2.90 bits per heavy atom. The minimum Gasteiger partial charge on any atom is -0.380 e. The van der Waals surface area contributed by atoms with Crippen molar-refractivity contribution in [1.82, 2.24) is 0 Å². The molecule has 0 radical (unpaired) electrons. The smallest absolute Gasteiger partial charge is 0.0648 e. The molecule has 110 valence electrons. The van der Waals surface area contributed by atoms with Gasteiger partial charge in [0.2, 0.25) is 0 Å². The number of nitrogens with zero attached hydrogens (tertiary/aromatic N) is 1. The van der Waals surface area contributed by atoms with Gasteiger partial charge in [0.25, 0.3) is 0 Å². The van der Waals surface area contributed by atoms with Gasteiger partial charge in [-0.15, -0.1) is 0 Å². The van der Waals surface area contributed by atoms with Gasteiger partial charge in [-0.05, 0) is 48.2 Å². The molecule has 1 N–H and O–H groups in total. The number of rotatable bonds is 3. The Labute approximate surface area is 139 Å². The summed E-state index contributed by atoms with van der Waals surface area (Å²) in [5.74, 6) is 0. The summed E-state index contributed by atoms with van der Waals surface area (Å²) in [5.41, 5.74) is 5.08. The van der Waals surface area contributed by atoms with E-state index in [-0.39, 0.29) is 0 Å². The molecule has 1 heterocycles. The summed E-state index contributed by atoms with van der Waals surface area (Å²) >= 11 is 9.65. The lowest BCUT2D eigenvalue weighted by Gasteiger charge is -2.27. The summed E-state index contributed by atoms with van der Waals surface area (Å²) < 4.78 is 0.995. The summed E-state index contributed by atoms with van der Waals surface area (Å²) in [4.78, 5) is 2.33. The SMILES string of the molecule is CN1CCCc2cc(CNc3ccc(Br)cc3Cl)ccc21. The Morgan fingerprint density at radius 2 is 2.10 bits per heavy atom. The van der Waals surface area contributed by atoms with Crippen molar-refractivity contribution in [2.45, 2.75) is 19.4 Å². The Morgan fingerprint density at radius 1 is 1.24 bits per heavy atom. The number of nitrogens with one attached hydrogen (secondary N) is 1. The third kappa shape index (κ3) is 3.35. The molecule has 0 bridgehead atoms. The maximum absolute atomic E-state index is 6.23. The van der Waals surface area contributed by atoms with Crippen LogP contribution in [0.4, 0.5) is 11.4 Å². The number of benzene rings is 2. The van der Waals surface area contributed by atoms with Crippen LogP contribution >= 0.6 is 27.5 Å². The van der Waals surface area contributed by atoms with Crippen LogP contribution in [0.25, 0.3) is 0 Å². The summed E-state index contributed by atoms with van der Waals surface area (Å²) in [6.45, 7) is 1.94. The first kappa shape index (κ1) is 14.7. The quantitative estimate of drug-likeness (QED) is 0.814. The van der Waals surface area contributed by atoms with Crippen LogP contribution in [0.15, 0.2) is 40.9 Å². The Balaban J connectivity index is 1.73. The zero-order valence-electron chi connectivity index (χ0n) is 12.0. The highest BCUT2D eigenvalue weighted by Gasteiger charge is 2.13. The highest BCUT2D eigenvalue weighted by Crippen LogP contribution is 2.28. The summed E-state index contributed by atoms with van der Waals surface area (Å²) in [6.07, 6.45) is 2.41. The Bertz CT molecular complexity index is 657. The minimum atomic E-state index is 0.738. The fourth-order valence-electron chi connectivity index (χ4n) is 2.78. The molecule has 0 fully saturated rings. The fraction of sp³-hybridized carbons (Fsp3) is 0.294. The summed E-state index contributed by atoms with van der Waals surface area (Å²) in [6, 6.07) is 12.6. The van der Waals surface area contributed by atoms with Gasteiger partial charge in [-0.3, -0.25) is 0 Å². The van der Waals surface area contributed by atoms with Gasteiger partial charge in [-0.2, -0.15) is 0 Å². The Kier molecular flexibility index (Phi) is 4.41. The van der Waals surface area contributed by atoms with Crippen LogP contribution in [0, 0.1) is 0 Å². The average molecular weight is 366 g/mol. The molecule has 1 aliphatic rings. The van der Waals surface area contributed by atoms with E-state index in [4.69, 9.17) is 11.6 Å². The molecule has 4 heteroatoms. The third-order valence-electron chi connectivity index (χ3n) is 3.91. The van der Waals surface area contributed by atoms with E-state index in [2.05, 4.69) is 51.4 Å². The maximum Gasteiger partial charge on any atom is 0.0648 e. The van der Waals surface area contributed by atoms with Crippen molar-refractivity contribution in [2.75, 3.05) is 23.8 Å². The van der Waals surface area contributed by atoms with E-state index in [0.29, 0.717) is 0 Å². The van der Waals surface area contributed by atoms with E-state index in [1.54, 1.807) is 0 Å². The second-order valence-corrected chi connectivity index (χ2v) is 6.79. The average Bonchev–Trinajstić information content (AvgIpc) is 2.46. The van der Waals surface area contributed by atoms with Crippen molar-refractivity contribution >= 4 is 38.9 Å². The molecule has 0 amide bonds. The number of hydrogen-bond acceptors (Lipinski definition) is 2. The molecule has 0 saturated heterocycles. The normalized spacial score (nSPS) is 14.0. The first-order valence-corrected chi connectivity index (χ1v) is 8.32. The number of hydrogen-bond donors (Lipinski definition) is 1. The van der Waals surface area contributed by atoms with Crippen molar-refractivity contribution in [3.63, 3.8) is 0 Å². The van der Waals surface area contributed by atoms with E-state index in [0.717, 1.165) is 28.3 Å². The minimum absolute atomic E-state index is 0.738. The number of fused-ring (bicyclic) bond motifs is 1. The highest BCUT2D eigenvalue weighted by molar-refractivity contribution is 9.10. The lowest BCUT2D eigenvalue weighted by atomic mass is 9.99. The van der Waals surface area contributed by atoms with Crippen molar-refractivity contribution in [3.05, 3.63) is 57.0 Å². The van der Waals surface area contributed by atoms with E-state index >= 15 is 0 Å². The lowest BCUT2D eigenvalue weighted by molar-refractivity contribution is 0.743.